The van der Waals surface area contributed by atoms with Gasteiger partial charge in [-0.2, -0.15) is 0 Å². The number of nitrogens with two attached hydrogens (primary N) is 1. The van der Waals surface area contributed by atoms with E-state index < -0.39 is 0 Å². The first-order chi connectivity index (χ1) is 7.60. The van der Waals surface area contributed by atoms with Gasteiger partial charge in [-0.3, -0.25) is 0 Å². The van der Waals surface area contributed by atoms with Gasteiger partial charge in [0.1, 0.15) is 0 Å². The molecule has 0 atom stereocenters. The van der Waals surface area contributed by atoms with Crippen LogP contribution in [0.2, 0.25) is 0 Å². The second-order valence-electron chi connectivity index (χ2n) is 3.95. The summed E-state index contributed by atoms with van der Waals surface area (Å²) in [6.07, 6.45) is 0.733. The number of rotatable bonds is 2. The molecule has 2 rings (SSSR count). The number of anilines is 1. The molecule has 1 aromatic heterocycles. The summed E-state index contributed by atoms with van der Waals surface area (Å²) < 4.78 is 0. The smallest absolute Gasteiger partial charge is 0.180 e. The zero-order chi connectivity index (χ0) is 11.7. The maximum Gasteiger partial charge on any atom is 0.180 e. The summed E-state index contributed by atoms with van der Waals surface area (Å²) in [7, 11) is 0. The quantitative estimate of drug-likeness (QED) is 0.860. The lowest BCUT2D eigenvalue weighted by atomic mass is 10.0. The molecule has 0 aliphatic carbocycles. The van der Waals surface area contributed by atoms with Crippen molar-refractivity contribution in [1.82, 2.24) is 4.98 Å². The van der Waals surface area contributed by atoms with E-state index in [1.54, 1.807) is 0 Å². The molecule has 0 saturated carbocycles. The normalized spacial score (nSPS) is 10.7. The molecule has 0 aliphatic heterocycles. The lowest BCUT2D eigenvalue weighted by Crippen LogP contribution is -1.87. The molecule has 3 heteroatoms. The van der Waals surface area contributed by atoms with Crippen molar-refractivity contribution in [3.8, 4) is 11.3 Å². The Labute approximate surface area is 100 Å². The van der Waals surface area contributed by atoms with Crippen molar-refractivity contribution in [2.24, 2.45) is 0 Å². The number of thiazole rings is 1. The number of aromatic nitrogens is 1. The van der Waals surface area contributed by atoms with E-state index in [1.807, 2.05) is 0 Å². The number of benzene rings is 1. The maximum absolute atomic E-state index is 5.75. The molecule has 0 spiro atoms. The zero-order valence-electron chi connectivity index (χ0n) is 9.58. The predicted molar refractivity (Wildman–Crippen MR) is 70.5 cm³/mol. The van der Waals surface area contributed by atoms with E-state index in [2.05, 4.69) is 44.0 Å². The second-order valence-corrected chi connectivity index (χ2v) is 5.07. The molecule has 0 unspecified atom stereocenters. The fraction of sp³-hybridized carbons (Fsp3) is 0.231. The van der Waals surface area contributed by atoms with Gasteiger partial charge in [-0.15, -0.1) is 11.3 Å². The lowest BCUT2D eigenvalue weighted by Gasteiger charge is -2.04. The van der Waals surface area contributed by atoms with Gasteiger partial charge in [0.2, 0.25) is 0 Å². The van der Waals surface area contributed by atoms with Gasteiger partial charge < -0.3 is 5.73 Å². The molecule has 0 bridgehead atoms. The molecule has 16 heavy (non-hydrogen) atoms. The first kappa shape index (κ1) is 11.1. The highest BCUT2D eigenvalue weighted by atomic mass is 32.1. The molecule has 1 radical (unpaired) electrons. The predicted octanol–water partition coefficient (Wildman–Crippen LogP) is 3.39. The average molecular weight is 231 g/mol. The highest BCUT2D eigenvalue weighted by molar-refractivity contribution is 7.15. The number of aryl methyl sites for hydroxylation is 2. The summed E-state index contributed by atoms with van der Waals surface area (Å²) in [5, 5.41) is 0.618. The van der Waals surface area contributed by atoms with Gasteiger partial charge in [0.05, 0.1) is 5.69 Å². The largest absolute Gasteiger partial charge is 0.375 e. The minimum Gasteiger partial charge on any atom is -0.375 e. The Morgan fingerprint density at radius 2 is 1.88 bits per heavy atom. The van der Waals surface area contributed by atoms with Crippen LogP contribution in [0.3, 0.4) is 0 Å². The summed E-state index contributed by atoms with van der Waals surface area (Å²) in [6, 6.07) is 6.43. The molecule has 1 heterocycles. The molecule has 0 fully saturated rings. The van der Waals surface area contributed by atoms with Gasteiger partial charge in [-0.1, -0.05) is 17.2 Å². The van der Waals surface area contributed by atoms with Crippen molar-refractivity contribution < 1.29 is 0 Å². The van der Waals surface area contributed by atoms with Gasteiger partial charge in [-0.25, -0.2) is 4.98 Å². The van der Waals surface area contributed by atoms with Crippen molar-refractivity contribution in [2.45, 2.75) is 20.3 Å². The van der Waals surface area contributed by atoms with Gasteiger partial charge in [-0.05, 0) is 39.3 Å². The minimum atomic E-state index is 0.618. The van der Waals surface area contributed by atoms with Crippen LogP contribution in [-0.4, -0.2) is 4.98 Å². The van der Waals surface area contributed by atoms with Gasteiger partial charge in [0, 0.05) is 10.4 Å². The average Bonchev–Trinajstić information content (AvgIpc) is 2.58. The first-order valence-electron chi connectivity index (χ1n) is 5.23. The standard InChI is InChI=1S/C13H15N2S/c1-4-11-12(15-13(14)16-11)10-6-8(2)5-9(3)7-10/h5-7H,1,4H2,2-3H3,(H2,14,15). The van der Waals surface area contributed by atoms with Crippen molar-refractivity contribution in [1.29, 1.82) is 0 Å². The van der Waals surface area contributed by atoms with Crippen LogP contribution < -0.4 is 5.73 Å². The van der Waals surface area contributed by atoms with E-state index >= 15 is 0 Å². The number of nitrogen functional groups attached to an aromatic ring is 1. The Balaban J connectivity index is 2.57. The van der Waals surface area contributed by atoms with E-state index in [4.69, 9.17) is 5.73 Å². The fourth-order valence-electron chi connectivity index (χ4n) is 1.88. The minimum absolute atomic E-state index is 0.618. The van der Waals surface area contributed by atoms with Crippen molar-refractivity contribution in [2.75, 3.05) is 5.73 Å². The second kappa shape index (κ2) is 4.26. The van der Waals surface area contributed by atoms with Crippen LogP contribution in [0.15, 0.2) is 18.2 Å². The summed E-state index contributed by atoms with van der Waals surface area (Å²) in [4.78, 5) is 5.55. The third-order valence-electron chi connectivity index (χ3n) is 2.44. The molecule has 1 aromatic carbocycles. The Morgan fingerprint density at radius 1 is 1.25 bits per heavy atom. The zero-order valence-corrected chi connectivity index (χ0v) is 10.4. The summed E-state index contributed by atoms with van der Waals surface area (Å²) >= 11 is 1.53. The molecule has 2 aromatic rings. The molecule has 0 amide bonds. The Bertz CT molecular complexity index is 494. The Morgan fingerprint density at radius 3 is 2.44 bits per heavy atom. The third-order valence-corrected chi connectivity index (χ3v) is 3.38. The van der Waals surface area contributed by atoms with Crippen LogP contribution in [0.4, 0.5) is 5.13 Å². The Kier molecular flexibility index (Phi) is 2.97. The number of hydrogen-bond acceptors (Lipinski definition) is 3. The molecule has 83 valence electrons. The van der Waals surface area contributed by atoms with Gasteiger partial charge in [0.25, 0.3) is 0 Å². The van der Waals surface area contributed by atoms with Gasteiger partial charge >= 0.3 is 0 Å². The van der Waals surface area contributed by atoms with Gasteiger partial charge in [0.15, 0.2) is 5.13 Å². The molecule has 0 aliphatic rings. The van der Waals surface area contributed by atoms with Crippen LogP contribution in [0, 0.1) is 20.8 Å². The van der Waals surface area contributed by atoms with E-state index in [9.17, 15) is 0 Å². The van der Waals surface area contributed by atoms with Crippen LogP contribution in [0.25, 0.3) is 11.3 Å². The SMILES string of the molecule is [CH2]Cc1sc(N)nc1-c1cc(C)cc(C)c1. The highest BCUT2D eigenvalue weighted by Gasteiger charge is 2.10. The van der Waals surface area contributed by atoms with E-state index in [0.29, 0.717) is 5.13 Å². The van der Waals surface area contributed by atoms with Crippen molar-refractivity contribution in [3.05, 3.63) is 41.1 Å². The number of nitrogens with zero attached hydrogens (tertiary/aromatic N) is 1. The maximum atomic E-state index is 5.75. The summed E-state index contributed by atoms with van der Waals surface area (Å²) in [5.74, 6) is 0. The third kappa shape index (κ3) is 2.09. The van der Waals surface area contributed by atoms with E-state index in [1.165, 1.54) is 22.5 Å². The van der Waals surface area contributed by atoms with E-state index in [0.717, 1.165) is 22.6 Å². The molecule has 2 N–H and O–H groups in total. The highest BCUT2D eigenvalue weighted by Crippen LogP contribution is 2.30. The Hall–Kier alpha value is -1.35. The van der Waals surface area contributed by atoms with Crippen LogP contribution in [0.5, 0.6) is 0 Å². The molecular formula is C13H15N2S. The molecule has 2 nitrogen and oxygen atoms in total. The molecule has 0 saturated heterocycles. The van der Waals surface area contributed by atoms with E-state index in [-0.39, 0.29) is 0 Å². The van der Waals surface area contributed by atoms with Crippen molar-refractivity contribution in [3.63, 3.8) is 0 Å². The summed E-state index contributed by atoms with van der Waals surface area (Å²) in [6.45, 7) is 8.10. The topological polar surface area (TPSA) is 38.9 Å². The lowest BCUT2D eigenvalue weighted by molar-refractivity contribution is 1.28. The van der Waals surface area contributed by atoms with Crippen LogP contribution in [0.1, 0.15) is 16.0 Å². The van der Waals surface area contributed by atoms with Crippen LogP contribution >= 0.6 is 11.3 Å². The fourth-order valence-corrected chi connectivity index (χ4v) is 2.63. The first-order valence-corrected chi connectivity index (χ1v) is 6.05. The van der Waals surface area contributed by atoms with Crippen LogP contribution in [-0.2, 0) is 6.42 Å². The molecular weight excluding hydrogens is 216 g/mol. The monoisotopic (exact) mass is 231 g/mol. The van der Waals surface area contributed by atoms with Crippen molar-refractivity contribution >= 4 is 16.5 Å². The summed E-state index contributed by atoms with van der Waals surface area (Å²) in [5.41, 5.74) is 10.4. The number of hydrogen-bond donors (Lipinski definition) is 1.